The average Bonchev–Trinajstić information content (AvgIpc) is 2.23. The van der Waals surface area contributed by atoms with Crippen LogP contribution < -0.4 is 0 Å². The van der Waals surface area contributed by atoms with E-state index in [1.165, 1.54) is 0 Å². The fraction of sp³-hybridized carbons (Fsp3) is 0.417. The molecule has 1 atom stereocenters. The minimum absolute atomic E-state index is 0.367. The molecule has 0 saturated carbocycles. The number of nitriles is 1. The fourth-order valence-electron chi connectivity index (χ4n) is 1.34. The molecule has 0 heterocycles. The van der Waals surface area contributed by atoms with E-state index in [9.17, 15) is 0 Å². The normalized spacial score (nSPS) is 14.3. The van der Waals surface area contributed by atoms with Crippen molar-refractivity contribution in [3.8, 4) is 6.07 Å². The smallest absolute Gasteiger partial charge is 0.0690 e. The molecule has 0 aliphatic heterocycles. The Morgan fingerprint density at radius 2 is 2.07 bits per heavy atom. The summed E-state index contributed by atoms with van der Waals surface area (Å²) in [7, 11) is 0. The van der Waals surface area contributed by atoms with Gasteiger partial charge in [-0.3, -0.25) is 0 Å². The van der Waals surface area contributed by atoms with Crippen LogP contribution in [0, 0.1) is 16.7 Å². The SMILES string of the molecule is CCC(C)(C#N)Cc1cc(Cl)ccc1Cl. The molecule has 0 aromatic heterocycles. The molecule has 0 bridgehead atoms. The predicted molar refractivity (Wildman–Crippen MR) is 64.2 cm³/mol. The lowest BCUT2D eigenvalue weighted by atomic mass is 9.83. The molecule has 1 nitrogen and oxygen atoms in total. The highest BCUT2D eigenvalue weighted by atomic mass is 35.5. The molecule has 1 aromatic rings. The molecule has 0 amide bonds. The van der Waals surface area contributed by atoms with Crippen molar-refractivity contribution in [2.45, 2.75) is 26.7 Å². The fourth-order valence-corrected chi connectivity index (χ4v) is 1.72. The van der Waals surface area contributed by atoms with Crippen LogP contribution in [0.3, 0.4) is 0 Å². The minimum atomic E-state index is -0.367. The molecule has 80 valence electrons. The van der Waals surface area contributed by atoms with Crippen LogP contribution in [0.2, 0.25) is 10.0 Å². The number of hydrogen-bond acceptors (Lipinski definition) is 1. The monoisotopic (exact) mass is 241 g/mol. The molecule has 0 aliphatic carbocycles. The molecule has 0 saturated heterocycles. The van der Waals surface area contributed by atoms with Crippen molar-refractivity contribution in [2.24, 2.45) is 5.41 Å². The standard InChI is InChI=1S/C12H13Cl2N/c1-3-12(2,8-15)7-9-6-10(13)4-5-11(9)14/h4-6H,3,7H2,1-2H3. The zero-order chi connectivity index (χ0) is 11.5. The zero-order valence-corrected chi connectivity index (χ0v) is 10.4. The molecule has 0 spiro atoms. The Morgan fingerprint density at radius 1 is 1.40 bits per heavy atom. The Hall–Kier alpha value is -0.710. The topological polar surface area (TPSA) is 23.8 Å². The van der Waals surface area contributed by atoms with Gasteiger partial charge in [-0.1, -0.05) is 30.1 Å². The van der Waals surface area contributed by atoms with Crippen LogP contribution >= 0.6 is 23.2 Å². The van der Waals surface area contributed by atoms with Gasteiger partial charge in [0.1, 0.15) is 0 Å². The molecule has 3 heteroatoms. The molecule has 0 N–H and O–H groups in total. The molecule has 0 fully saturated rings. The van der Waals surface area contributed by atoms with Crippen LogP contribution in [0.4, 0.5) is 0 Å². The lowest BCUT2D eigenvalue weighted by Crippen LogP contribution is -2.16. The van der Waals surface area contributed by atoms with Gasteiger partial charge in [0, 0.05) is 10.0 Å². The van der Waals surface area contributed by atoms with Crippen LogP contribution in [0.5, 0.6) is 0 Å². The second-order valence-corrected chi connectivity index (χ2v) is 4.78. The van der Waals surface area contributed by atoms with Gasteiger partial charge in [0.15, 0.2) is 0 Å². The summed E-state index contributed by atoms with van der Waals surface area (Å²) in [6.45, 7) is 3.94. The second-order valence-electron chi connectivity index (χ2n) is 3.94. The van der Waals surface area contributed by atoms with Crippen molar-refractivity contribution >= 4 is 23.2 Å². The van der Waals surface area contributed by atoms with Crippen molar-refractivity contribution in [2.75, 3.05) is 0 Å². The van der Waals surface area contributed by atoms with Crippen molar-refractivity contribution < 1.29 is 0 Å². The largest absolute Gasteiger partial charge is 0.198 e. The van der Waals surface area contributed by atoms with Gasteiger partial charge in [0.25, 0.3) is 0 Å². The first-order chi connectivity index (χ1) is 7.00. The zero-order valence-electron chi connectivity index (χ0n) is 8.85. The quantitative estimate of drug-likeness (QED) is 0.766. The molecular formula is C12H13Cl2N. The summed E-state index contributed by atoms with van der Waals surface area (Å²) in [5.41, 5.74) is 0.573. The summed E-state index contributed by atoms with van der Waals surface area (Å²) in [4.78, 5) is 0. The van der Waals surface area contributed by atoms with Crippen molar-refractivity contribution in [1.82, 2.24) is 0 Å². The van der Waals surface area contributed by atoms with Gasteiger partial charge in [0.05, 0.1) is 11.5 Å². The summed E-state index contributed by atoms with van der Waals surface area (Å²) >= 11 is 11.9. The second kappa shape index (κ2) is 4.88. The summed E-state index contributed by atoms with van der Waals surface area (Å²) in [5, 5.41) is 10.4. The first-order valence-electron chi connectivity index (χ1n) is 4.86. The van der Waals surface area contributed by atoms with E-state index in [0.717, 1.165) is 12.0 Å². The maximum Gasteiger partial charge on any atom is 0.0690 e. The summed E-state index contributed by atoms with van der Waals surface area (Å²) in [6.07, 6.45) is 1.44. The lowest BCUT2D eigenvalue weighted by molar-refractivity contribution is 0.423. The van der Waals surface area contributed by atoms with Gasteiger partial charge in [-0.2, -0.15) is 5.26 Å². The van der Waals surface area contributed by atoms with E-state index >= 15 is 0 Å². The van der Waals surface area contributed by atoms with E-state index in [1.807, 2.05) is 19.9 Å². The van der Waals surface area contributed by atoms with Gasteiger partial charge in [-0.15, -0.1) is 0 Å². The van der Waals surface area contributed by atoms with E-state index in [2.05, 4.69) is 6.07 Å². The van der Waals surface area contributed by atoms with Gasteiger partial charge in [-0.05, 0) is 43.5 Å². The first-order valence-corrected chi connectivity index (χ1v) is 5.61. The third-order valence-electron chi connectivity index (χ3n) is 2.64. The highest BCUT2D eigenvalue weighted by Crippen LogP contribution is 2.30. The van der Waals surface area contributed by atoms with E-state index in [4.69, 9.17) is 28.5 Å². The Balaban J connectivity index is 2.99. The van der Waals surface area contributed by atoms with Crippen LogP contribution in [0.25, 0.3) is 0 Å². The van der Waals surface area contributed by atoms with Gasteiger partial charge >= 0.3 is 0 Å². The summed E-state index contributed by atoms with van der Waals surface area (Å²) in [6, 6.07) is 7.67. The number of rotatable bonds is 3. The Morgan fingerprint density at radius 3 is 2.60 bits per heavy atom. The molecule has 0 aliphatic rings. The van der Waals surface area contributed by atoms with Gasteiger partial charge in [-0.25, -0.2) is 0 Å². The molecule has 1 unspecified atom stereocenters. The maximum atomic E-state index is 9.08. The van der Waals surface area contributed by atoms with Crippen LogP contribution in [0.15, 0.2) is 18.2 Å². The average molecular weight is 242 g/mol. The predicted octanol–water partition coefficient (Wildman–Crippen LogP) is 4.48. The third kappa shape index (κ3) is 3.12. The van der Waals surface area contributed by atoms with E-state index < -0.39 is 0 Å². The Kier molecular flexibility index (Phi) is 4.02. The minimum Gasteiger partial charge on any atom is -0.198 e. The molecule has 1 rings (SSSR count). The number of benzene rings is 1. The van der Waals surface area contributed by atoms with E-state index in [-0.39, 0.29) is 5.41 Å². The van der Waals surface area contributed by atoms with Gasteiger partial charge < -0.3 is 0 Å². The molecular weight excluding hydrogens is 229 g/mol. The summed E-state index contributed by atoms with van der Waals surface area (Å²) in [5.74, 6) is 0. The number of hydrogen-bond donors (Lipinski definition) is 0. The molecule has 1 aromatic carbocycles. The van der Waals surface area contributed by atoms with E-state index in [1.54, 1.807) is 12.1 Å². The van der Waals surface area contributed by atoms with Crippen molar-refractivity contribution in [3.63, 3.8) is 0 Å². The third-order valence-corrected chi connectivity index (χ3v) is 3.24. The van der Waals surface area contributed by atoms with Crippen LogP contribution in [0.1, 0.15) is 25.8 Å². The highest BCUT2D eigenvalue weighted by molar-refractivity contribution is 6.33. The number of halogens is 2. The Labute approximate surface area is 101 Å². The first kappa shape index (κ1) is 12.4. The Bertz CT molecular complexity index is 395. The number of nitrogens with zero attached hydrogens (tertiary/aromatic N) is 1. The van der Waals surface area contributed by atoms with Crippen LogP contribution in [-0.4, -0.2) is 0 Å². The maximum absolute atomic E-state index is 9.08. The lowest BCUT2D eigenvalue weighted by Gasteiger charge is -2.19. The van der Waals surface area contributed by atoms with Crippen molar-refractivity contribution in [1.29, 1.82) is 5.26 Å². The van der Waals surface area contributed by atoms with E-state index in [0.29, 0.717) is 16.5 Å². The highest BCUT2D eigenvalue weighted by Gasteiger charge is 2.23. The van der Waals surface area contributed by atoms with Crippen LogP contribution in [-0.2, 0) is 6.42 Å². The molecule has 0 radical (unpaired) electrons. The van der Waals surface area contributed by atoms with Crippen molar-refractivity contribution in [3.05, 3.63) is 33.8 Å². The molecule has 15 heavy (non-hydrogen) atoms. The summed E-state index contributed by atoms with van der Waals surface area (Å²) < 4.78 is 0. The van der Waals surface area contributed by atoms with Gasteiger partial charge in [0.2, 0.25) is 0 Å².